The van der Waals surface area contributed by atoms with Gasteiger partial charge in [0.2, 0.25) is 5.82 Å². The molecule has 0 radical (unpaired) electrons. The minimum atomic E-state index is -3.82. The van der Waals surface area contributed by atoms with Crippen LogP contribution in [0.25, 0.3) is 0 Å². The number of nitrogens with zero attached hydrogens (tertiary/aromatic N) is 3. The van der Waals surface area contributed by atoms with Crippen LogP contribution in [0.1, 0.15) is 5.76 Å². The van der Waals surface area contributed by atoms with E-state index in [9.17, 15) is 8.42 Å². The lowest BCUT2D eigenvalue weighted by molar-refractivity contribution is 0.398. The molecule has 0 saturated heterocycles. The molecule has 0 saturated carbocycles. The molecule has 0 aliphatic heterocycles. The van der Waals surface area contributed by atoms with Gasteiger partial charge < -0.3 is 9.15 Å². The first-order valence-electron chi connectivity index (χ1n) is 7.14. The SMILES string of the molecule is COc1nccnc1NS(=O)(=O)c1ccc(N=Cc2ccco2)cc1. The Balaban J connectivity index is 1.78. The van der Waals surface area contributed by atoms with Crippen LogP contribution < -0.4 is 9.46 Å². The summed E-state index contributed by atoms with van der Waals surface area (Å²) in [4.78, 5) is 12.1. The van der Waals surface area contributed by atoms with Gasteiger partial charge in [0.05, 0.1) is 30.2 Å². The Labute approximate surface area is 144 Å². The molecule has 0 bridgehead atoms. The minimum Gasteiger partial charge on any atom is -0.478 e. The summed E-state index contributed by atoms with van der Waals surface area (Å²) in [6.45, 7) is 0. The number of sulfonamides is 1. The highest BCUT2D eigenvalue weighted by Gasteiger charge is 2.17. The van der Waals surface area contributed by atoms with Gasteiger partial charge in [-0.1, -0.05) is 0 Å². The average molecular weight is 358 g/mol. The number of hydrogen-bond acceptors (Lipinski definition) is 7. The van der Waals surface area contributed by atoms with Crippen LogP contribution in [0.5, 0.6) is 5.88 Å². The lowest BCUT2D eigenvalue weighted by Gasteiger charge is -2.09. The predicted molar refractivity (Wildman–Crippen MR) is 91.8 cm³/mol. The molecular weight excluding hydrogens is 344 g/mol. The van der Waals surface area contributed by atoms with Crippen molar-refractivity contribution in [2.75, 3.05) is 11.8 Å². The molecule has 128 valence electrons. The predicted octanol–water partition coefficient (Wildman–Crippen LogP) is 2.63. The Morgan fingerprint density at radius 2 is 1.92 bits per heavy atom. The van der Waals surface area contributed by atoms with E-state index >= 15 is 0 Å². The molecule has 0 unspecified atom stereocenters. The van der Waals surface area contributed by atoms with Crippen LogP contribution in [0.2, 0.25) is 0 Å². The standard InChI is InChI=1S/C16H14N4O4S/c1-23-16-15(17-8-9-18-16)20-25(21,22)14-6-4-12(5-7-14)19-11-13-3-2-10-24-13/h2-11H,1H3,(H,17,20). The lowest BCUT2D eigenvalue weighted by Crippen LogP contribution is -2.14. The molecule has 3 rings (SSSR count). The van der Waals surface area contributed by atoms with Crippen LogP contribution >= 0.6 is 0 Å². The van der Waals surface area contributed by atoms with E-state index in [1.54, 1.807) is 36.7 Å². The van der Waals surface area contributed by atoms with E-state index in [1.807, 2.05) is 0 Å². The van der Waals surface area contributed by atoms with E-state index in [-0.39, 0.29) is 16.6 Å². The number of aromatic nitrogens is 2. The zero-order valence-electron chi connectivity index (χ0n) is 13.2. The third-order valence-corrected chi connectivity index (χ3v) is 4.47. The zero-order valence-corrected chi connectivity index (χ0v) is 14.0. The second-order valence-electron chi connectivity index (χ2n) is 4.79. The molecule has 0 spiro atoms. The Hall–Kier alpha value is -3.20. The molecule has 25 heavy (non-hydrogen) atoms. The molecule has 1 N–H and O–H groups in total. The highest BCUT2D eigenvalue weighted by Crippen LogP contribution is 2.22. The number of anilines is 1. The number of furan rings is 1. The van der Waals surface area contributed by atoms with Gasteiger partial charge in [0, 0.05) is 12.4 Å². The number of rotatable bonds is 6. The van der Waals surface area contributed by atoms with Crippen LogP contribution in [0.3, 0.4) is 0 Å². The Morgan fingerprint density at radius 3 is 2.60 bits per heavy atom. The van der Waals surface area contributed by atoms with Gasteiger partial charge in [-0.25, -0.2) is 18.4 Å². The average Bonchev–Trinajstić information content (AvgIpc) is 3.14. The van der Waals surface area contributed by atoms with E-state index in [0.717, 1.165) is 0 Å². The Bertz CT molecular complexity index is 968. The number of benzene rings is 1. The molecule has 0 fully saturated rings. The van der Waals surface area contributed by atoms with Gasteiger partial charge in [0.15, 0.2) is 0 Å². The molecule has 0 aliphatic carbocycles. The normalized spacial score (nSPS) is 11.6. The second kappa shape index (κ2) is 7.14. The molecule has 9 heteroatoms. The van der Waals surface area contributed by atoms with Crippen molar-refractivity contribution in [3.63, 3.8) is 0 Å². The maximum Gasteiger partial charge on any atom is 0.263 e. The summed E-state index contributed by atoms with van der Waals surface area (Å²) in [6.07, 6.45) is 5.87. The van der Waals surface area contributed by atoms with E-state index < -0.39 is 10.0 Å². The third-order valence-electron chi connectivity index (χ3n) is 3.12. The summed E-state index contributed by atoms with van der Waals surface area (Å²) in [5.74, 6) is 0.712. The second-order valence-corrected chi connectivity index (χ2v) is 6.47. The van der Waals surface area contributed by atoms with Crippen LogP contribution in [-0.2, 0) is 10.0 Å². The van der Waals surface area contributed by atoms with Gasteiger partial charge in [-0.3, -0.25) is 9.71 Å². The fourth-order valence-electron chi connectivity index (χ4n) is 1.95. The van der Waals surface area contributed by atoms with Crippen molar-refractivity contribution in [2.45, 2.75) is 4.90 Å². The lowest BCUT2D eigenvalue weighted by atomic mass is 10.3. The number of ether oxygens (including phenoxy) is 1. The van der Waals surface area contributed by atoms with Gasteiger partial charge in [-0.2, -0.15) is 0 Å². The first-order valence-corrected chi connectivity index (χ1v) is 8.62. The van der Waals surface area contributed by atoms with E-state index in [2.05, 4.69) is 19.7 Å². The van der Waals surface area contributed by atoms with Crippen LogP contribution in [0.15, 0.2) is 69.4 Å². The van der Waals surface area contributed by atoms with Crippen molar-refractivity contribution >= 4 is 27.7 Å². The summed E-state index contributed by atoms with van der Waals surface area (Å²) in [7, 11) is -2.44. The monoisotopic (exact) mass is 358 g/mol. The molecular formula is C16H14N4O4S. The smallest absolute Gasteiger partial charge is 0.263 e. The Kier molecular flexibility index (Phi) is 4.75. The minimum absolute atomic E-state index is 0.0184. The molecule has 2 heterocycles. The highest BCUT2D eigenvalue weighted by molar-refractivity contribution is 7.92. The summed E-state index contributed by atoms with van der Waals surface area (Å²) in [5.41, 5.74) is 0.590. The van der Waals surface area contributed by atoms with Gasteiger partial charge >= 0.3 is 0 Å². The molecule has 3 aromatic rings. The van der Waals surface area contributed by atoms with Crippen molar-refractivity contribution in [1.29, 1.82) is 0 Å². The van der Waals surface area contributed by atoms with Crippen molar-refractivity contribution in [2.24, 2.45) is 4.99 Å². The maximum absolute atomic E-state index is 12.4. The summed E-state index contributed by atoms with van der Waals surface area (Å²) >= 11 is 0. The van der Waals surface area contributed by atoms with Gasteiger partial charge in [-0.15, -0.1) is 0 Å². The topological polar surface area (TPSA) is 107 Å². The maximum atomic E-state index is 12.4. The van der Waals surface area contributed by atoms with Crippen LogP contribution in [0.4, 0.5) is 11.5 Å². The quantitative estimate of drug-likeness (QED) is 0.679. The molecule has 8 nitrogen and oxygen atoms in total. The van der Waals surface area contributed by atoms with E-state index in [0.29, 0.717) is 11.4 Å². The third kappa shape index (κ3) is 4.01. The number of methoxy groups -OCH3 is 1. The fourth-order valence-corrected chi connectivity index (χ4v) is 2.95. The Morgan fingerprint density at radius 1 is 1.16 bits per heavy atom. The van der Waals surface area contributed by atoms with Crippen molar-refractivity contribution < 1.29 is 17.6 Å². The zero-order chi connectivity index (χ0) is 17.7. The van der Waals surface area contributed by atoms with Crippen LogP contribution in [0, 0.1) is 0 Å². The van der Waals surface area contributed by atoms with Crippen molar-refractivity contribution in [3.05, 3.63) is 60.8 Å². The van der Waals surface area contributed by atoms with Crippen molar-refractivity contribution in [3.8, 4) is 5.88 Å². The van der Waals surface area contributed by atoms with Crippen molar-refractivity contribution in [1.82, 2.24) is 9.97 Å². The van der Waals surface area contributed by atoms with E-state index in [4.69, 9.17) is 9.15 Å². The first kappa shape index (κ1) is 16.7. The fraction of sp³-hybridized carbons (Fsp3) is 0.0625. The first-order chi connectivity index (χ1) is 12.1. The van der Waals surface area contributed by atoms with Gasteiger partial charge in [0.25, 0.3) is 15.9 Å². The summed E-state index contributed by atoms with van der Waals surface area (Å²) < 4.78 is 37.4. The number of aliphatic imine (C=N–C) groups is 1. The van der Waals surface area contributed by atoms with E-state index in [1.165, 1.54) is 31.6 Å². The molecule has 2 aromatic heterocycles. The number of hydrogen-bond donors (Lipinski definition) is 1. The molecule has 0 aliphatic rings. The summed E-state index contributed by atoms with van der Waals surface area (Å²) in [5, 5.41) is 0. The van der Waals surface area contributed by atoms with Gasteiger partial charge in [0.1, 0.15) is 5.76 Å². The number of nitrogens with one attached hydrogen (secondary N) is 1. The molecule has 1 aromatic carbocycles. The largest absolute Gasteiger partial charge is 0.478 e. The highest BCUT2D eigenvalue weighted by atomic mass is 32.2. The summed E-state index contributed by atoms with van der Waals surface area (Å²) in [6, 6.07) is 9.58. The van der Waals surface area contributed by atoms with Gasteiger partial charge in [-0.05, 0) is 36.4 Å². The molecule has 0 atom stereocenters. The molecule has 0 amide bonds. The van der Waals surface area contributed by atoms with Crippen LogP contribution in [-0.4, -0.2) is 31.7 Å².